The van der Waals surface area contributed by atoms with Crippen LogP contribution < -0.4 is 11.1 Å². The van der Waals surface area contributed by atoms with Gasteiger partial charge in [-0.25, -0.2) is 0 Å². The molecule has 0 saturated heterocycles. The maximum Gasteiger partial charge on any atom is 0.247 e. The van der Waals surface area contributed by atoms with Crippen molar-refractivity contribution in [2.75, 3.05) is 5.32 Å². The van der Waals surface area contributed by atoms with Crippen LogP contribution in [-0.4, -0.2) is 16.1 Å². The molecule has 0 aliphatic carbocycles. The van der Waals surface area contributed by atoms with Crippen LogP contribution in [0.1, 0.15) is 48.4 Å². The van der Waals surface area contributed by atoms with E-state index in [0.717, 1.165) is 29.0 Å². The number of aryl methyl sites for hydroxylation is 2. The molecule has 5 nitrogen and oxygen atoms in total. The van der Waals surface area contributed by atoms with E-state index >= 15 is 0 Å². The van der Waals surface area contributed by atoms with Gasteiger partial charge in [-0.3, -0.25) is 10.1 Å². The zero-order chi connectivity index (χ0) is 15.9. The first-order valence-corrected chi connectivity index (χ1v) is 8.37. The standard InChI is InChI=1S/C16H22N4OS/c1-3-4-5-6-13-19-20-16(22-13)18-15(21)14(17)12-9-7-11(2)8-10-12/h7-10,14H,3-6,17H2,1-2H3,(H,18,20,21). The van der Waals surface area contributed by atoms with Gasteiger partial charge in [0.2, 0.25) is 11.0 Å². The van der Waals surface area contributed by atoms with Crippen LogP contribution in [0.4, 0.5) is 5.13 Å². The summed E-state index contributed by atoms with van der Waals surface area (Å²) in [5.41, 5.74) is 7.91. The SMILES string of the molecule is CCCCCc1nnc(NC(=O)C(N)c2ccc(C)cc2)s1. The number of carbonyl (C=O) groups excluding carboxylic acids is 1. The molecule has 1 aromatic heterocycles. The van der Waals surface area contributed by atoms with Crippen LogP contribution in [0.25, 0.3) is 0 Å². The van der Waals surface area contributed by atoms with Gasteiger partial charge in [-0.2, -0.15) is 0 Å². The molecular weight excluding hydrogens is 296 g/mol. The van der Waals surface area contributed by atoms with Crippen molar-refractivity contribution in [3.8, 4) is 0 Å². The quantitative estimate of drug-likeness (QED) is 0.768. The van der Waals surface area contributed by atoms with E-state index in [1.165, 1.54) is 24.2 Å². The van der Waals surface area contributed by atoms with Crippen molar-refractivity contribution in [1.82, 2.24) is 10.2 Å². The molecule has 6 heteroatoms. The van der Waals surface area contributed by atoms with Gasteiger partial charge in [0, 0.05) is 6.42 Å². The van der Waals surface area contributed by atoms with E-state index < -0.39 is 6.04 Å². The molecule has 0 aliphatic heterocycles. The fourth-order valence-corrected chi connectivity index (χ4v) is 2.82. The zero-order valence-corrected chi connectivity index (χ0v) is 13.8. The summed E-state index contributed by atoms with van der Waals surface area (Å²) in [5.74, 6) is -0.264. The molecule has 1 aromatic carbocycles. The number of hydrogen-bond donors (Lipinski definition) is 2. The summed E-state index contributed by atoms with van der Waals surface area (Å²) in [5, 5.41) is 12.3. The predicted molar refractivity (Wildman–Crippen MR) is 89.9 cm³/mol. The van der Waals surface area contributed by atoms with Gasteiger partial charge in [-0.15, -0.1) is 10.2 Å². The van der Waals surface area contributed by atoms with Crippen molar-refractivity contribution in [3.63, 3.8) is 0 Å². The van der Waals surface area contributed by atoms with Crippen LogP contribution in [0.3, 0.4) is 0 Å². The molecule has 3 N–H and O–H groups in total. The van der Waals surface area contributed by atoms with Crippen molar-refractivity contribution in [2.24, 2.45) is 5.73 Å². The first-order valence-electron chi connectivity index (χ1n) is 7.55. The number of benzene rings is 1. The number of hydrogen-bond acceptors (Lipinski definition) is 5. The van der Waals surface area contributed by atoms with Crippen LogP contribution >= 0.6 is 11.3 Å². The number of carbonyl (C=O) groups is 1. The van der Waals surface area contributed by atoms with Crippen molar-refractivity contribution in [1.29, 1.82) is 0 Å². The van der Waals surface area contributed by atoms with Gasteiger partial charge in [0.25, 0.3) is 0 Å². The summed E-state index contributed by atoms with van der Waals surface area (Å²) >= 11 is 1.42. The average molecular weight is 318 g/mol. The Hall–Kier alpha value is -1.79. The monoisotopic (exact) mass is 318 g/mol. The van der Waals surface area contributed by atoms with Crippen molar-refractivity contribution >= 4 is 22.4 Å². The minimum absolute atomic E-state index is 0.264. The summed E-state index contributed by atoms with van der Waals surface area (Å²) in [6.07, 6.45) is 4.36. The first kappa shape index (κ1) is 16.6. The van der Waals surface area contributed by atoms with Gasteiger partial charge in [0.1, 0.15) is 11.0 Å². The van der Waals surface area contributed by atoms with E-state index in [2.05, 4.69) is 22.4 Å². The van der Waals surface area contributed by atoms with Gasteiger partial charge in [-0.05, 0) is 18.9 Å². The van der Waals surface area contributed by atoms with E-state index in [4.69, 9.17) is 5.73 Å². The Morgan fingerprint density at radius 3 is 2.68 bits per heavy atom. The van der Waals surface area contributed by atoms with Crippen LogP contribution in [0.15, 0.2) is 24.3 Å². The van der Waals surface area contributed by atoms with Crippen molar-refractivity contribution in [3.05, 3.63) is 40.4 Å². The van der Waals surface area contributed by atoms with Crippen LogP contribution in [-0.2, 0) is 11.2 Å². The minimum atomic E-state index is -0.701. The highest BCUT2D eigenvalue weighted by Gasteiger charge is 2.17. The Morgan fingerprint density at radius 1 is 1.27 bits per heavy atom. The lowest BCUT2D eigenvalue weighted by Crippen LogP contribution is -2.27. The highest BCUT2D eigenvalue weighted by molar-refractivity contribution is 7.15. The van der Waals surface area contributed by atoms with Gasteiger partial charge < -0.3 is 5.73 Å². The largest absolute Gasteiger partial charge is 0.316 e. The molecule has 2 rings (SSSR count). The predicted octanol–water partition coefficient (Wildman–Crippen LogP) is 3.22. The molecule has 118 valence electrons. The number of rotatable bonds is 7. The minimum Gasteiger partial charge on any atom is -0.316 e. The van der Waals surface area contributed by atoms with E-state index in [1.807, 2.05) is 31.2 Å². The van der Waals surface area contributed by atoms with Crippen molar-refractivity contribution in [2.45, 2.75) is 45.6 Å². The Bertz CT molecular complexity index is 609. The maximum absolute atomic E-state index is 12.2. The zero-order valence-electron chi connectivity index (χ0n) is 13.0. The van der Waals surface area contributed by atoms with Gasteiger partial charge in [-0.1, -0.05) is 60.9 Å². The van der Waals surface area contributed by atoms with Crippen LogP contribution in [0.2, 0.25) is 0 Å². The third-order valence-corrected chi connectivity index (χ3v) is 4.31. The molecule has 1 heterocycles. The second kappa shape index (κ2) is 8.00. The lowest BCUT2D eigenvalue weighted by atomic mass is 10.1. The average Bonchev–Trinajstić information content (AvgIpc) is 2.95. The molecule has 0 radical (unpaired) electrons. The number of anilines is 1. The number of nitrogens with zero attached hydrogens (tertiary/aromatic N) is 2. The summed E-state index contributed by atoms with van der Waals surface area (Å²) < 4.78 is 0. The molecule has 0 fully saturated rings. The summed E-state index contributed by atoms with van der Waals surface area (Å²) in [6.45, 7) is 4.16. The molecule has 0 spiro atoms. The molecule has 0 bridgehead atoms. The highest BCUT2D eigenvalue weighted by Crippen LogP contribution is 2.19. The van der Waals surface area contributed by atoms with E-state index in [0.29, 0.717) is 5.13 Å². The lowest BCUT2D eigenvalue weighted by Gasteiger charge is -2.11. The van der Waals surface area contributed by atoms with E-state index in [9.17, 15) is 4.79 Å². The normalized spacial score (nSPS) is 12.1. The summed E-state index contributed by atoms with van der Waals surface area (Å²) in [4.78, 5) is 12.2. The number of nitrogens with one attached hydrogen (secondary N) is 1. The third kappa shape index (κ3) is 4.61. The number of aromatic nitrogens is 2. The van der Waals surface area contributed by atoms with Crippen LogP contribution in [0, 0.1) is 6.92 Å². The van der Waals surface area contributed by atoms with Crippen LogP contribution in [0.5, 0.6) is 0 Å². The Morgan fingerprint density at radius 2 is 2.00 bits per heavy atom. The Balaban J connectivity index is 1.92. The van der Waals surface area contributed by atoms with Crippen molar-refractivity contribution < 1.29 is 4.79 Å². The second-order valence-electron chi connectivity index (χ2n) is 5.34. The highest BCUT2D eigenvalue weighted by atomic mass is 32.1. The fourth-order valence-electron chi connectivity index (χ4n) is 2.04. The Labute approximate surface area is 135 Å². The third-order valence-electron chi connectivity index (χ3n) is 3.41. The second-order valence-corrected chi connectivity index (χ2v) is 6.40. The maximum atomic E-state index is 12.2. The molecular formula is C16H22N4OS. The first-order chi connectivity index (χ1) is 10.6. The topological polar surface area (TPSA) is 80.9 Å². The molecule has 1 atom stereocenters. The van der Waals surface area contributed by atoms with E-state index in [1.54, 1.807) is 0 Å². The number of nitrogens with two attached hydrogens (primary N) is 1. The molecule has 0 aliphatic rings. The smallest absolute Gasteiger partial charge is 0.247 e. The van der Waals surface area contributed by atoms with Gasteiger partial charge >= 0.3 is 0 Å². The summed E-state index contributed by atoms with van der Waals surface area (Å²) in [7, 11) is 0. The lowest BCUT2D eigenvalue weighted by molar-refractivity contribution is -0.117. The van der Waals surface area contributed by atoms with E-state index in [-0.39, 0.29) is 5.91 Å². The van der Waals surface area contributed by atoms with Gasteiger partial charge in [0.15, 0.2) is 0 Å². The number of unbranched alkanes of at least 4 members (excludes halogenated alkanes) is 2. The molecule has 1 amide bonds. The fraction of sp³-hybridized carbons (Fsp3) is 0.438. The Kier molecular flexibility index (Phi) is 6.03. The molecule has 1 unspecified atom stereocenters. The van der Waals surface area contributed by atoms with Gasteiger partial charge in [0.05, 0.1) is 0 Å². The molecule has 22 heavy (non-hydrogen) atoms. The molecule has 0 saturated carbocycles. The molecule has 2 aromatic rings. The number of amides is 1. The summed E-state index contributed by atoms with van der Waals surface area (Å²) in [6, 6.07) is 6.93.